The molecule has 2 heterocycles. The van der Waals surface area contributed by atoms with Crippen LogP contribution in [-0.2, 0) is 27.9 Å². The Kier molecular flexibility index (Phi) is 8.05. The van der Waals surface area contributed by atoms with Gasteiger partial charge < -0.3 is 10.6 Å². The standard InChI is InChI=1S/C26H37N5O4/c1-27-19-10-8-18(9-11-19)24(33)28-15-5-3-4-6-17-7-12-20-22(16-17)30(2)26(35)31(20)21-13-14-23(32)29-25(21)34/h7,12,16,18-19,21,27H,3-6,8-11,13-15H2,1-2H3,(H,28,33)(H,29,32,34)/t18-,19-,21?. The van der Waals surface area contributed by atoms with Crippen LogP contribution in [0.5, 0.6) is 0 Å². The lowest BCUT2D eigenvalue weighted by Crippen LogP contribution is -2.44. The average molecular weight is 484 g/mol. The van der Waals surface area contributed by atoms with Crippen LogP contribution < -0.4 is 21.6 Å². The number of nitrogens with zero attached hydrogens (tertiary/aromatic N) is 2. The number of hydrogen-bond donors (Lipinski definition) is 3. The molecular formula is C26H37N5O4. The van der Waals surface area contributed by atoms with Gasteiger partial charge in [0.15, 0.2) is 0 Å². The highest BCUT2D eigenvalue weighted by molar-refractivity contribution is 6.00. The van der Waals surface area contributed by atoms with Gasteiger partial charge in [0.25, 0.3) is 0 Å². The molecule has 4 rings (SSSR count). The van der Waals surface area contributed by atoms with E-state index in [1.54, 1.807) is 11.6 Å². The molecule has 1 unspecified atom stereocenters. The minimum atomic E-state index is -0.664. The van der Waals surface area contributed by atoms with Crippen molar-refractivity contribution < 1.29 is 14.4 Å². The summed E-state index contributed by atoms with van der Waals surface area (Å²) < 4.78 is 3.08. The zero-order valence-corrected chi connectivity index (χ0v) is 20.8. The molecule has 35 heavy (non-hydrogen) atoms. The number of piperidine rings is 1. The Bertz CT molecular complexity index is 1140. The van der Waals surface area contributed by atoms with Gasteiger partial charge in [0, 0.05) is 32.0 Å². The molecule has 1 aromatic carbocycles. The van der Waals surface area contributed by atoms with E-state index in [1.165, 1.54) is 4.57 Å². The van der Waals surface area contributed by atoms with E-state index in [0.29, 0.717) is 24.5 Å². The Morgan fingerprint density at radius 2 is 1.80 bits per heavy atom. The smallest absolute Gasteiger partial charge is 0.329 e. The molecule has 2 aliphatic rings. The molecule has 1 aliphatic heterocycles. The van der Waals surface area contributed by atoms with E-state index < -0.39 is 11.9 Å². The zero-order valence-electron chi connectivity index (χ0n) is 20.8. The fraction of sp³-hybridized carbons (Fsp3) is 0.615. The van der Waals surface area contributed by atoms with E-state index in [9.17, 15) is 19.2 Å². The number of aromatic nitrogens is 2. The maximum absolute atomic E-state index is 12.9. The number of carbonyl (C=O) groups is 3. The van der Waals surface area contributed by atoms with Gasteiger partial charge >= 0.3 is 5.69 Å². The van der Waals surface area contributed by atoms with Crippen LogP contribution in [0.3, 0.4) is 0 Å². The third-order valence-corrected chi connectivity index (χ3v) is 7.62. The predicted molar refractivity (Wildman–Crippen MR) is 134 cm³/mol. The summed E-state index contributed by atoms with van der Waals surface area (Å²) in [6, 6.07) is 5.81. The normalized spacial score (nSPS) is 22.9. The minimum absolute atomic E-state index is 0.158. The molecule has 9 heteroatoms. The van der Waals surface area contributed by atoms with Gasteiger partial charge in [-0.25, -0.2) is 4.79 Å². The van der Waals surface area contributed by atoms with Crippen molar-refractivity contribution in [1.29, 1.82) is 0 Å². The molecular weight excluding hydrogens is 446 g/mol. The number of amides is 3. The number of hydrogen-bond acceptors (Lipinski definition) is 5. The largest absolute Gasteiger partial charge is 0.356 e. The second kappa shape index (κ2) is 11.2. The van der Waals surface area contributed by atoms with Crippen molar-refractivity contribution in [2.75, 3.05) is 13.6 Å². The first-order chi connectivity index (χ1) is 16.9. The number of imidazole rings is 1. The van der Waals surface area contributed by atoms with Gasteiger partial charge in [-0.1, -0.05) is 12.5 Å². The molecule has 2 aromatic rings. The summed E-state index contributed by atoms with van der Waals surface area (Å²) in [7, 11) is 3.70. The molecule has 1 atom stereocenters. The summed E-state index contributed by atoms with van der Waals surface area (Å²) in [4.78, 5) is 49.1. The Labute approximate surface area is 205 Å². The summed E-state index contributed by atoms with van der Waals surface area (Å²) in [5.41, 5.74) is 2.39. The van der Waals surface area contributed by atoms with Crippen molar-refractivity contribution in [3.05, 3.63) is 34.2 Å². The quantitative estimate of drug-likeness (QED) is 0.373. The van der Waals surface area contributed by atoms with Crippen molar-refractivity contribution >= 4 is 28.8 Å². The Morgan fingerprint density at radius 1 is 1.03 bits per heavy atom. The van der Waals surface area contributed by atoms with Crippen LogP contribution in [0.1, 0.15) is 69.4 Å². The molecule has 2 fully saturated rings. The van der Waals surface area contributed by atoms with Crippen LogP contribution in [0.25, 0.3) is 11.0 Å². The van der Waals surface area contributed by atoms with Crippen molar-refractivity contribution in [1.82, 2.24) is 25.1 Å². The summed E-state index contributed by atoms with van der Waals surface area (Å²) in [5, 5.41) is 8.75. The lowest BCUT2D eigenvalue weighted by atomic mass is 9.85. The molecule has 190 valence electrons. The first-order valence-corrected chi connectivity index (χ1v) is 12.9. The van der Waals surface area contributed by atoms with Crippen LogP contribution in [0, 0.1) is 5.92 Å². The maximum Gasteiger partial charge on any atom is 0.329 e. The number of unbranched alkanes of at least 4 members (excludes halogenated alkanes) is 2. The minimum Gasteiger partial charge on any atom is -0.356 e. The van der Waals surface area contributed by atoms with Crippen molar-refractivity contribution in [3.8, 4) is 0 Å². The first-order valence-electron chi connectivity index (χ1n) is 12.9. The molecule has 3 N–H and O–H groups in total. The molecule has 1 saturated carbocycles. The topological polar surface area (TPSA) is 114 Å². The van der Waals surface area contributed by atoms with Crippen LogP contribution >= 0.6 is 0 Å². The van der Waals surface area contributed by atoms with Crippen LogP contribution in [0.4, 0.5) is 0 Å². The third kappa shape index (κ3) is 5.66. The molecule has 3 amide bonds. The van der Waals surface area contributed by atoms with Crippen molar-refractivity contribution in [2.24, 2.45) is 13.0 Å². The van der Waals surface area contributed by atoms with Crippen molar-refractivity contribution in [3.63, 3.8) is 0 Å². The van der Waals surface area contributed by atoms with E-state index in [4.69, 9.17) is 0 Å². The van der Waals surface area contributed by atoms with Gasteiger partial charge in [-0.2, -0.15) is 0 Å². The average Bonchev–Trinajstić information content (AvgIpc) is 3.10. The number of benzene rings is 1. The van der Waals surface area contributed by atoms with Crippen LogP contribution in [-0.4, -0.2) is 46.5 Å². The van der Waals surface area contributed by atoms with E-state index in [0.717, 1.165) is 62.4 Å². The summed E-state index contributed by atoms with van der Waals surface area (Å²) >= 11 is 0. The van der Waals surface area contributed by atoms with Crippen LogP contribution in [0.15, 0.2) is 23.0 Å². The van der Waals surface area contributed by atoms with Gasteiger partial charge in [0.05, 0.1) is 11.0 Å². The molecule has 0 spiro atoms. The second-order valence-corrected chi connectivity index (χ2v) is 9.94. The van der Waals surface area contributed by atoms with Gasteiger partial charge in [-0.05, 0) is 76.1 Å². The van der Waals surface area contributed by atoms with E-state index in [1.807, 2.05) is 25.2 Å². The SMILES string of the molecule is CN[C@H]1CC[C@H](C(=O)NCCCCCc2ccc3c(c2)n(C)c(=O)n3C2CCC(=O)NC2=O)CC1. The van der Waals surface area contributed by atoms with E-state index >= 15 is 0 Å². The number of imide groups is 1. The lowest BCUT2D eigenvalue weighted by Gasteiger charge is -2.27. The predicted octanol–water partition coefficient (Wildman–Crippen LogP) is 1.92. The third-order valence-electron chi connectivity index (χ3n) is 7.62. The number of nitrogens with one attached hydrogen (secondary N) is 3. The highest BCUT2D eigenvalue weighted by Crippen LogP contribution is 2.25. The Balaban J connectivity index is 1.26. The first kappa shape index (κ1) is 25.2. The van der Waals surface area contributed by atoms with E-state index in [2.05, 4.69) is 16.0 Å². The molecule has 1 saturated heterocycles. The molecule has 0 radical (unpaired) electrons. The number of carbonyl (C=O) groups excluding carboxylic acids is 3. The second-order valence-electron chi connectivity index (χ2n) is 9.94. The molecule has 1 aliphatic carbocycles. The highest BCUT2D eigenvalue weighted by atomic mass is 16.2. The van der Waals surface area contributed by atoms with Crippen molar-refractivity contribution in [2.45, 2.75) is 76.3 Å². The summed E-state index contributed by atoms with van der Waals surface area (Å²) in [5.74, 6) is -0.354. The zero-order chi connectivity index (χ0) is 24.9. The van der Waals surface area contributed by atoms with Gasteiger partial charge in [0.2, 0.25) is 17.7 Å². The van der Waals surface area contributed by atoms with E-state index in [-0.39, 0.29) is 29.8 Å². The highest BCUT2D eigenvalue weighted by Gasteiger charge is 2.31. The Morgan fingerprint density at radius 3 is 2.51 bits per heavy atom. The van der Waals surface area contributed by atoms with Crippen LogP contribution in [0.2, 0.25) is 0 Å². The fourth-order valence-electron chi connectivity index (χ4n) is 5.43. The Hall–Kier alpha value is -2.94. The summed E-state index contributed by atoms with van der Waals surface area (Å²) in [6.07, 6.45) is 8.48. The number of fused-ring (bicyclic) bond motifs is 1. The van der Waals surface area contributed by atoms with Gasteiger partial charge in [-0.15, -0.1) is 0 Å². The molecule has 0 bridgehead atoms. The lowest BCUT2D eigenvalue weighted by molar-refractivity contribution is -0.135. The molecule has 1 aromatic heterocycles. The fourth-order valence-corrected chi connectivity index (χ4v) is 5.43. The summed E-state index contributed by atoms with van der Waals surface area (Å²) in [6.45, 7) is 0.715. The number of aryl methyl sites for hydroxylation is 2. The maximum atomic E-state index is 12.9. The monoisotopic (exact) mass is 483 g/mol. The van der Waals surface area contributed by atoms with Gasteiger partial charge in [0.1, 0.15) is 6.04 Å². The number of rotatable bonds is 9. The van der Waals surface area contributed by atoms with Gasteiger partial charge in [-0.3, -0.25) is 28.8 Å². The molecule has 9 nitrogen and oxygen atoms in total.